The van der Waals surface area contributed by atoms with Gasteiger partial charge in [0.15, 0.2) is 5.78 Å². The molecule has 0 aliphatic rings. The topological polar surface area (TPSA) is 55.4 Å². The Morgan fingerprint density at radius 2 is 1.83 bits per heavy atom. The molecule has 2 rings (SSSR count). The van der Waals surface area contributed by atoms with Gasteiger partial charge in [0.1, 0.15) is 5.75 Å². The molecule has 0 aliphatic carbocycles. The zero-order valence-corrected chi connectivity index (χ0v) is 14.4. The number of rotatable bonds is 7. The van der Waals surface area contributed by atoms with E-state index in [0.29, 0.717) is 17.9 Å². The van der Waals surface area contributed by atoms with Crippen molar-refractivity contribution in [3.05, 3.63) is 64.7 Å². The molecule has 24 heavy (non-hydrogen) atoms. The van der Waals surface area contributed by atoms with Gasteiger partial charge < -0.3 is 10.1 Å². The first-order valence-electron chi connectivity index (χ1n) is 8.00. The molecule has 0 atom stereocenters. The van der Waals surface area contributed by atoms with E-state index >= 15 is 0 Å². The third-order valence-electron chi connectivity index (χ3n) is 4.02. The maximum absolute atomic E-state index is 12.2. The number of ketones is 1. The minimum absolute atomic E-state index is 0.0288. The van der Waals surface area contributed by atoms with Crippen LogP contribution in [-0.4, -0.2) is 25.3 Å². The molecule has 0 unspecified atom stereocenters. The molecule has 4 nitrogen and oxygen atoms in total. The van der Waals surface area contributed by atoms with Gasteiger partial charge in [-0.2, -0.15) is 0 Å². The van der Waals surface area contributed by atoms with Crippen molar-refractivity contribution in [3.63, 3.8) is 0 Å². The summed E-state index contributed by atoms with van der Waals surface area (Å²) >= 11 is 0. The minimum atomic E-state index is -0.0809. The molecule has 4 heteroatoms. The molecule has 1 N–H and O–H groups in total. The van der Waals surface area contributed by atoms with Crippen LogP contribution < -0.4 is 10.1 Å². The van der Waals surface area contributed by atoms with Crippen molar-refractivity contribution in [1.29, 1.82) is 0 Å². The van der Waals surface area contributed by atoms with Gasteiger partial charge in [-0.05, 0) is 49.6 Å². The minimum Gasteiger partial charge on any atom is -0.496 e. The van der Waals surface area contributed by atoms with Crippen LogP contribution in [-0.2, 0) is 17.6 Å². The Morgan fingerprint density at radius 1 is 1.08 bits per heavy atom. The number of methoxy groups -OCH3 is 1. The fourth-order valence-electron chi connectivity index (χ4n) is 2.60. The molecule has 2 aromatic rings. The van der Waals surface area contributed by atoms with Crippen LogP contribution in [0, 0.1) is 6.92 Å². The Balaban J connectivity index is 1.95. The predicted octanol–water partition coefficient (Wildman–Crippen LogP) is 3.11. The van der Waals surface area contributed by atoms with E-state index < -0.39 is 0 Å². The number of Topliss-reactive ketones (excluding diaryl/α,β-unsaturated/α-hetero) is 1. The van der Waals surface area contributed by atoms with Gasteiger partial charge in [0.2, 0.25) is 5.91 Å². The number of hydrogen-bond acceptors (Lipinski definition) is 3. The van der Waals surface area contributed by atoms with Gasteiger partial charge in [-0.3, -0.25) is 9.59 Å². The summed E-state index contributed by atoms with van der Waals surface area (Å²) in [5, 5.41) is 2.93. The van der Waals surface area contributed by atoms with Gasteiger partial charge in [-0.1, -0.05) is 24.3 Å². The lowest BCUT2D eigenvalue weighted by atomic mass is 10.0. The normalized spacial score (nSPS) is 10.3. The number of nitrogens with one attached hydrogen (secondary N) is 1. The molecule has 2 aromatic carbocycles. The third-order valence-corrected chi connectivity index (χ3v) is 4.02. The molecule has 0 bridgehead atoms. The highest BCUT2D eigenvalue weighted by Crippen LogP contribution is 2.20. The second-order valence-electron chi connectivity index (χ2n) is 5.79. The summed E-state index contributed by atoms with van der Waals surface area (Å²) in [5.74, 6) is 0.510. The van der Waals surface area contributed by atoms with Gasteiger partial charge >= 0.3 is 0 Å². The quantitative estimate of drug-likeness (QED) is 0.796. The summed E-state index contributed by atoms with van der Waals surface area (Å²) in [5.41, 5.74) is 3.76. The summed E-state index contributed by atoms with van der Waals surface area (Å²) in [6, 6.07) is 13.3. The van der Waals surface area contributed by atoms with Crippen molar-refractivity contribution in [2.45, 2.75) is 26.7 Å². The van der Waals surface area contributed by atoms with Crippen molar-refractivity contribution in [1.82, 2.24) is 5.32 Å². The van der Waals surface area contributed by atoms with Crippen LogP contribution in [0.1, 0.15) is 34.0 Å². The van der Waals surface area contributed by atoms with Gasteiger partial charge in [0.25, 0.3) is 0 Å². The van der Waals surface area contributed by atoms with Gasteiger partial charge in [0.05, 0.1) is 13.5 Å². The van der Waals surface area contributed by atoms with E-state index in [1.165, 1.54) is 18.1 Å². The Labute approximate surface area is 142 Å². The second kappa shape index (κ2) is 8.29. The average molecular weight is 325 g/mol. The summed E-state index contributed by atoms with van der Waals surface area (Å²) in [7, 11) is 1.56. The van der Waals surface area contributed by atoms with E-state index in [2.05, 4.69) is 24.4 Å². The van der Waals surface area contributed by atoms with E-state index in [0.717, 1.165) is 12.0 Å². The second-order valence-corrected chi connectivity index (χ2v) is 5.79. The lowest BCUT2D eigenvalue weighted by Gasteiger charge is -2.11. The smallest absolute Gasteiger partial charge is 0.224 e. The van der Waals surface area contributed by atoms with Crippen molar-refractivity contribution >= 4 is 11.7 Å². The van der Waals surface area contributed by atoms with Crippen LogP contribution in [0.4, 0.5) is 0 Å². The third kappa shape index (κ3) is 4.69. The molecule has 0 spiro atoms. The van der Waals surface area contributed by atoms with Crippen LogP contribution in [0.2, 0.25) is 0 Å². The maximum atomic E-state index is 12.2. The van der Waals surface area contributed by atoms with Gasteiger partial charge in [0, 0.05) is 17.7 Å². The number of carbonyl (C=O) groups excluding carboxylic acids is 2. The molecule has 0 aliphatic heterocycles. The molecule has 0 radical (unpaired) electrons. The lowest BCUT2D eigenvalue weighted by Crippen LogP contribution is -2.27. The van der Waals surface area contributed by atoms with Crippen molar-refractivity contribution in [2.24, 2.45) is 0 Å². The molecule has 0 saturated heterocycles. The van der Waals surface area contributed by atoms with E-state index in [9.17, 15) is 9.59 Å². The molecule has 1 amide bonds. The van der Waals surface area contributed by atoms with Crippen LogP contribution in [0.3, 0.4) is 0 Å². The number of carbonyl (C=O) groups is 2. The molecule has 126 valence electrons. The summed E-state index contributed by atoms with van der Waals surface area (Å²) in [4.78, 5) is 23.7. The Bertz CT molecular complexity index is 737. The number of aryl methyl sites for hydroxylation is 1. The summed E-state index contributed by atoms with van der Waals surface area (Å²) in [6.07, 6.45) is 0.987. The van der Waals surface area contributed by atoms with Crippen LogP contribution in [0.25, 0.3) is 0 Å². The van der Waals surface area contributed by atoms with E-state index in [1.54, 1.807) is 25.3 Å². The lowest BCUT2D eigenvalue weighted by molar-refractivity contribution is -0.120. The fraction of sp³-hybridized carbons (Fsp3) is 0.300. The molecule has 0 fully saturated rings. The molecule has 0 saturated carbocycles. The van der Waals surface area contributed by atoms with Crippen molar-refractivity contribution in [2.75, 3.05) is 13.7 Å². The summed E-state index contributed by atoms with van der Waals surface area (Å²) in [6.45, 7) is 4.15. The standard InChI is InChI=1S/C20H23NO3/c1-14-6-4-5-7-16(14)10-11-21-20(23)13-18-12-17(15(2)22)8-9-19(18)24-3/h4-9,12H,10-11,13H2,1-3H3,(H,21,23). The van der Waals surface area contributed by atoms with Gasteiger partial charge in [-0.15, -0.1) is 0 Å². The number of amides is 1. The number of ether oxygens (including phenoxy) is 1. The fourth-order valence-corrected chi connectivity index (χ4v) is 2.60. The van der Waals surface area contributed by atoms with Crippen molar-refractivity contribution < 1.29 is 14.3 Å². The first-order valence-corrected chi connectivity index (χ1v) is 8.00. The Hall–Kier alpha value is -2.62. The molecular formula is C20H23NO3. The van der Waals surface area contributed by atoms with Gasteiger partial charge in [-0.25, -0.2) is 0 Å². The SMILES string of the molecule is COc1ccc(C(C)=O)cc1CC(=O)NCCc1ccccc1C. The zero-order valence-electron chi connectivity index (χ0n) is 14.4. The summed E-state index contributed by atoms with van der Waals surface area (Å²) < 4.78 is 5.28. The Morgan fingerprint density at radius 3 is 2.50 bits per heavy atom. The van der Waals surface area contributed by atoms with Crippen LogP contribution >= 0.6 is 0 Å². The predicted molar refractivity (Wildman–Crippen MR) is 94.6 cm³/mol. The van der Waals surface area contributed by atoms with E-state index in [-0.39, 0.29) is 18.1 Å². The van der Waals surface area contributed by atoms with E-state index in [1.807, 2.05) is 12.1 Å². The number of benzene rings is 2. The van der Waals surface area contributed by atoms with Crippen LogP contribution in [0.5, 0.6) is 5.75 Å². The van der Waals surface area contributed by atoms with E-state index in [4.69, 9.17) is 4.74 Å². The zero-order chi connectivity index (χ0) is 17.5. The maximum Gasteiger partial charge on any atom is 0.224 e. The largest absolute Gasteiger partial charge is 0.496 e. The highest BCUT2D eigenvalue weighted by Gasteiger charge is 2.11. The molecule has 0 heterocycles. The highest BCUT2D eigenvalue weighted by molar-refractivity contribution is 5.94. The van der Waals surface area contributed by atoms with Crippen LogP contribution in [0.15, 0.2) is 42.5 Å². The highest BCUT2D eigenvalue weighted by atomic mass is 16.5. The molecule has 0 aromatic heterocycles. The monoisotopic (exact) mass is 325 g/mol. The van der Waals surface area contributed by atoms with Crippen molar-refractivity contribution in [3.8, 4) is 5.75 Å². The first kappa shape index (κ1) is 17.7. The first-order chi connectivity index (χ1) is 11.5. The molecular weight excluding hydrogens is 302 g/mol. The Kier molecular flexibility index (Phi) is 6.13. The average Bonchev–Trinajstić information content (AvgIpc) is 2.56. The number of hydrogen-bond donors (Lipinski definition) is 1.